The molecule has 2 unspecified atom stereocenters. The molecule has 2 N–H and O–H groups in total. The van der Waals surface area contributed by atoms with Crippen molar-refractivity contribution in [1.82, 2.24) is 10.6 Å². The van der Waals surface area contributed by atoms with Gasteiger partial charge < -0.3 is 10.6 Å². The van der Waals surface area contributed by atoms with Gasteiger partial charge in [-0.15, -0.1) is 0 Å². The summed E-state index contributed by atoms with van der Waals surface area (Å²) in [6.45, 7) is 4.82. The van der Waals surface area contributed by atoms with Crippen LogP contribution in [0.4, 0.5) is 0 Å². The molecule has 0 radical (unpaired) electrons. The standard InChI is InChI=1S/C12H24N2/c1-2-12(7-4-10-14-12)8-6-11-5-3-9-13-11/h11,13-14H,2-10H2,1H3. The summed E-state index contributed by atoms with van der Waals surface area (Å²) < 4.78 is 0. The van der Waals surface area contributed by atoms with Crippen LogP contribution >= 0.6 is 0 Å². The monoisotopic (exact) mass is 196 g/mol. The lowest BCUT2D eigenvalue weighted by Crippen LogP contribution is -2.40. The molecule has 0 saturated carbocycles. The molecule has 14 heavy (non-hydrogen) atoms. The Labute approximate surface area is 87.8 Å². The van der Waals surface area contributed by atoms with Crippen molar-refractivity contribution >= 4 is 0 Å². The summed E-state index contributed by atoms with van der Waals surface area (Å²) in [5, 5.41) is 7.31. The first-order valence-electron chi connectivity index (χ1n) is 6.33. The average molecular weight is 196 g/mol. The third kappa shape index (κ3) is 2.29. The normalized spacial score (nSPS) is 37.9. The third-order valence-electron chi connectivity index (χ3n) is 4.14. The first-order valence-corrected chi connectivity index (χ1v) is 6.33. The van der Waals surface area contributed by atoms with Gasteiger partial charge in [-0.05, 0) is 58.0 Å². The average Bonchev–Trinajstić information content (AvgIpc) is 2.87. The van der Waals surface area contributed by atoms with Crippen LogP contribution in [-0.4, -0.2) is 24.7 Å². The van der Waals surface area contributed by atoms with Crippen LogP contribution in [0.3, 0.4) is 0 Å². The van der Waals surface area contributed by atoms with E-state index in [2.05, 4.69) is 17.6 Å². The Morgan fingerprint density at radius 1 is 1.29 bits per heavy atom. The first kappa shape index (κ1) is 10.4. The van der Waals surface area contributed by atoms with Crippen LogP contribution in [0.25, 0.3) is 0 Å². The quantitative estimate of drug-likeness (QED) is 0.719. The van der Waals surface area contributed by atoms with E-state index in [9.17, 15) is 0 Å². The molecule has 82 valence electrons. The summed E-state index contributed by atoms with van der Waals surface area (Å²) in [6.07, 6.45) is 9.63. The Bertz CT molecular complexity index is 167. The summed E-state index contributed by atoms with van der Waals surface area (Å²) in [4.78, 5) is 0. The van der Waals surface area contributed by atoms with Crippen LogP contribution < -0.4 is 10.6 Å². The number of hydrogen-bond acceptors (Lipinski definition) is 2. The van der Waals surface area contributed by atoms with E-state index >= 15 is 0 Å². The lowest BCUT2D eigenvalue weighted by molar-refractivity contribution is 0.311. The van der Waals surface area contributed by atoms with Gasteiger partial charge in [0.15, 0.2) is 0 Å². The van der Waals surface area contributed by atoms with Crippen molar-refractivity contribution in [3.8, 4) is 0 Å². The molecule has 2 rings (SSSR count). The fourth-order valence-electron chi connectivity index (χ4n) is 3.01. The van der Waals surface area contributed by atoms with E-state index in [0.29, 0.717) is 5.54 Å². The van der Waals surface area contributed by atoms with Gasteiger partial charge in [-0.3, -0.25) is 0 Å². The molecule has 0 amide bonds. The van der Waals surface area contributed by atoms with Crippen LogP contribution in [0.2, 0.25) is 0 Å². The molecule has 2 heteroatoms. The molecule has 2 aliphatic rings. The molecule has 2 fully saturated rings. The number of hydrogen-bond donors (Lipinski definition) is 2. The summed E-state index contributed by atoms with van der Waals surface area (Å²) in [5.41, 5.74) is 0.504. The number of rotatable bonds is 4. The Kier molecular flexibility index (Phi) is 3.45. The second-order valence-corrected chi connectivity index (χ2v) is 5.00. The molecular formula is C12H24N2. The third-order valence-corrected chi connectivity index (χ3v) is 4.14. The Balaban J connectivity index is 1.76. The highest BCUT2D eigenvalue weighted by atomic mass is 15.0. The van der Waals surface area contributed by atoms with Crippen LogP contribution in [0.15, 0.2) is 0 Å². The van der Waals surface area contributed by atoms with Gasteiger partial charge in [0.25, 0.3) is 0 Å². The smallest absolute Gasteiger partial charge is 0.0180 e. The van der Waals surface area contributed by atoms with Gasteiger partial charge in [0.1, 0.15) is 0 Å². The van der Waals surface area contributed by atoms with Crippen LogP contribution in [0.5, 0.6) is 0 Å². The van der Waals surface area contributed by atoms with Crippen molar-refractivity contribution in [1.29, 1.82) is 0 Å². The summed E-state index contributed by atoms with van der Waals surface area (Å²) in [7, 11) is 0. The first-order chi connectivity index (χ1) is 6.85. The van der Waals surface area contributed by atoms with Gasteiger partial charge in [-0.1, -0.05) is 6.92 Å². The molecule has 0 aliphatic carbocycles. The topological polar surface area (TPSA) is 24.1 Å². The van der Waals surface area contributed by atoms with E-state index in [0.717, 1.165) is 6.04 Å². The van der Waals surface area contributed by atoms with E-state index in [1.807, 2.05) is 0 Å². The Morgan fingerprint density at radius 3 is 2.79 bits per heavy atom. The van der Waals surface area contributed by atoms with E-state index in [1.165, 1.54) is 58.0 Å². The van der Waals surface area contributed by atoms with Crippen molar-refractivity contribution in [2.75, 3.05) is 13.1 Å². The predicted octanol–water partition coefficient (Wildman–Crippen LogP) is 2.05. The van der Waals surface area contributed by atoms with Gasteiger partial charge in [0.2, 0.25) is 0 Å². The highest BCUT2D eigenvalue weighted by Gasteiger charge is 2.31. The van der Waals surface area contributed by atoms with Crippen molar-refractivity contribution in [2.45, 2.75) is 63.5 Å². The maximum Gasteiger partial charge on any atom is 0.0180 e. The van der Waals surface area contributed by atoms with E-state index in [1.54, 1.807) is 0 Å². The van der Waals surface area contributed by atoms with Crippen LogP contribution in [-0.2, 0) is 0 Å². The van der Waals surface area contributed by atoms with Crippen LogP contribution in [0, 0.1) is 0 Å². The molecule has 0 aromatic carbocycles. The molecule has 0 bridgehead atoms. The summed E-state index contributed by atoms with van der Waals surface area (Å²) in [5.74, 6) is 0. The second-order valence-electron chi connectivity index (χ2n) is 5.00. The van der Waals surface area contributed by atoms with Gasteiger partial charge in [0.05, 0.1) is 0 Å². The molecule has 2 saturated heterocycles. The Morgan fingerprint density at radius 2 is 2.21 bits per heavy atom. The largest absolute Gasteiger partial charge is 0.314 e. The fourth-order valence-corrected chi connectivity index (χ4v) is 3.01. The highest BCUT2D eigenvalue weighted by Crippen LogP contribution is 2.29. The summed E-state index contributed by atoms with van der Waals surface area (Å²) >= 11 is 0. The minimum Gasteiger partial charge on any atom is -0.314 e. The van der Waals surface area contributed by atoms with Crippen molar-refractivity contribution in [3.05, 3.63) is 0 Å². The summed E-state index contributed by atoms with van der Waals surface area (Å²) in [6, 6.07) is 0.820. The van der Waals surface area contributed by atoms with Gasteiger partial charge in [-0.25, -0.2) is 0 Å². The molecule has 2 nitrogen and oxygen atoms in total. The van der Waals surface area contributed by atoms with E-state index in [4.69, 9.17) is 0 Å². The van der Waals surface area contributed by atoms with Crippen molar-refractivity contribution in [2.24, 2.45) is 0 Å². The maximum atomic E-state index is 3.72. The predicted molar refractivity (Wildman–Crippen MR) is 60.5 cm³/mol. The molecule has 2 atom stereocenters. The van der Waals surface area contributed by atoms with Gasteiger partial charge >= 0.3 is 0 Å². The molecule has 0 aromatic heterocycles. The molecular weight excluding hydrogens is 172 g/mol. The fraction of sp³-hybridized carbons (Fsp3) is 1.00. The van der Waals surface area contributed by atoms with Crippen molar-refractivity contribution in [3.63, 3.8) is 0 Å². The minimum atomic E-state index is 0.504. The van der Waals surface area contributed by atoms with Gasteiger partial charge in [0, 0.05) is 11.6 Å². The molecule has 0 aromatic rings. The zero-order chi connectivity index (χ0) is 9.86. The molecule has 2 heterocycles. The van der Waals surface area contributed by atoms with E-state index < -0.39 is 0 Å². The maximum absolute atomic E-state index is 3.72. The van der Waals surface area contributed by atoms with E-state index in [-0.39, 0.29) is 0 Å². The molecule has 0 spiro atoms. The zero-order valence-electron chi connectivity index (χ0n) is 9.44. The van der Waals surface area contributed by atoms with Crippen molar-refractivity contribution < 1.29 is 0 Å². The Hall–Kier alpha value is -0.0800. The lowest BCUT2D eigenvalue weighted by Gasteiger charge is -2.29. The second kappa shape index (κ2) is 4.63. The number of nitrogens with one attached hydrogen (secondary N) is 2. The zero-order valence-corrected chi connectivity index (χ0v) is 9.44. The van der Waals surface area contributed by atoms with Gasteiger partial charge in [-0.2, -0.15) is 0 Å². The lowest BCUT2D eigenvalue weighted by atomic mass is 9.87. The SMILES string of the molecule is CCC1(CCC2CCCN2)CCCN1. The van der Waals surface area contributed by atoms with Crippen LogP contribution in [0.1, 0.15) is 51.9 Å². The highest BCUT2D eigenvalue weighted by molar-refractivity contribution is 4.93. The molecule has 2 aliphatic heterocycles. The minimum absolute atomic E-state index is 0.504.